The van der Waals surface area contributed by atoms with Crippen LogP contribution >= 0.6 is 0 Å². The molecular weight excluding hydrogens is 509 g/mol. The van der Waals surface area contributed by atoms with E-state index in [9.17, 15) is 26.9 Å². The maximum absolute atomic E-state index is 12.9. The van der Waals surface area contributed by atoms with Crippen molar-refractivity contribution in [3.8, 4) is 11.8 Å². The number of pyridine rings is 1. The first-order valence-electron chi connectivity index (χ1n) is 11.0. The molecule has 4 rings (SSSR count). The normalized spacial score (nSPS) is 15.4. The first-order valence-corrected chi connectivity index (χ1v) is 12.5. The number of hydrogen-bond donors (Lipinski definition) is 1. The summed E-state index contributed by atoms with van der Waals surface area (Å²) in [6, 6.07) is 16.8. The summed E-state index contributed by atoms with van der Waals surface area (Å²) in [6.45, 7) is 0.174. The van der Waals surface area contributed by atoms with Crippen molar-refractivity contribution in [2.45, 2.75) is 23.8 Å². The molecule has 8 nitrogen and oxygen atoms in total. The highest BCUT2D eigenvalue weighted by Crippen LogP contribution is 2.28. The first-order chi connectivity index (χ1) is 17.7. The Balaban J connectivity index is 1.43. The van der Waals surface area contributed by atoms with Gasteiger partial charge in [-0.25, -0.2) is 8.42 Å². The molecule has 37 heavy (non-hydrogen) atoms. The fraction of sp³-hybridized carbons (Fsp3) is 0.200. The van der Waals surface area contributed by atoms with Gasteiger partial charge in [-0.1, -0.05) is 12.1 Å². The van der Waals surface area contributed by atoms with Gasteiger partial charge in [-0.05, 0) is 65.7 Å². The lowest BCUT2D eigenvalue weighted by Crippen LogP contribution is -2.37. The van der Waals surface area contributed by atoms with Gasteiger partial charge >= 0.3 is 6.36 Å². The van der Waals surface area contributed by atoms with Crippen LogP contribution in [0.2, 0.25) is 0 Å². The lowest BCUT2D eigenvalue weighted by molar-refractivity contribution is -0.274. The van der Waals surface area contributed by atoms with Crippen LogP contribution in [-0.2, 0) is 14.9 Å². The average Bonchev–Trinajstić information content (AvgIpc) is 2.89. The van der Waals surface area contributed by atoms with Gasteiger partial charge in [0.1, 0.15) is 11.9 Å². The first kappa shape index (κ1) is 26.2. The molecule has 0 saturated carbocycles. The zero-order valence-electron chi connectivity index (χ0n) is 19.2. The number of rotatable bonds is 8. The quantitative estimate of drug-likeness (QED) is 0.430. The molecule has 3 aromatic rings. The Morgan fingerprint density at radius 1 is 1.05 bits per heavy atom. The van der Waals surface area contributed by atoms with Crippen LogP contribution in [0.3, 0.4) is 0 Å². The number of nitrogens with one attached hydrogen (secondary N) is 1. The summed E-state index contributed by atoms with van der Waals surface area (Å²) in [5, 5.41) is 9.25. The van der Waals surface area contributed by atoms with E-state index in [1.165, 1.54) is 4.31 Å². The highest BCUT2D eigenvalue weighted by molar-refractivity contribution is 7.89. The maximum Gasteiger partial charge on any atom is 0.573 e. The molecule has 0 amide bonds. The summed E-state index contributed by atoms with van der Waals surface area (Å²) in [7, 11) is -3.93. The molecule has 2 aromatic carbocycles. The van der Waals surface area contributed by atoms with Gasteiger partial charge in [0, 0.05) is 37.6 Å². The predicted molar refractivity (Wildman–Crippen MR) is 126 cm³/mol. The summed E-state index contributed by atoms with van der Waals surface area (Å²) in [5.74, 6) is -0.502. The van der Waals surface area contributed by atoms with E-state index >= 15 is 0 Å². The molecule has 2 heterocycles. The average molecular weight is 531 g/mol. The van der Waals surface area contributed by atoms with Crippen LogP contribution in [0.5, 0.6) is 5.75 Å². The molecule has 0 bridgehead atoms. The third-order valence-corrected chi connectivity index (χ3v) is 7.38. The number of nitrogens with zero attached hydrogens (tertiary/aromatic N) is 3. The Bertz CT molecular complexity index is 1410. The van der Waals surface area contributed by atoms with E-state index in [1.54, 1.807) is 48.8 Å². The lowest BCUT2D eigenvalue weighted by Gasteiger charge is -2.27. The summed E-state index contributed by atoms with van der Waals surface area (Å²) in [6.07, 6.45) is -0.184. The molecular formula is C25H21F3N4O4S. The Labute approximate surface area is 211 Å². The standard InChI is InChI=1S/C25H21F3N4O4S/c26-25(27,28)35-22-4-6-23(7-5-22)37(33,34)32-14-10-21(11-15-32)31-36-24(19-8-12-30-13-9-19)20-3-1-2-18(16-20)17-29/h1-10,12-13,16,24,31H,11,14-15H2. The van der Waals surface area contributed by atoms with Gasteiger partial charge in [0.15, 0.2) is 0 Å². The van der Waals surface area contributed by atoms with Crippen LogP contribution < -0.4 is 10.2 Å². The molecule has 1 atom stereocenters. The molecule has 0 spiro atoms. The monoisotopic (exact) mass is 530 g/mol. The molecule has 1 aliphatic rings. The smallest absolute Gasteiger partial charge is 0.406 e. The number of hydroxylamine groups is 1. The molecule has 0 radical (unpaired) electrons. The second kappa shape index (κ2) is 11.0. The largest absolute Gasteiger partial charge is 0.573 e. The minimum absolute atomic E-state index is 0.0403. The van der Waals surface area contributed by atoms with Crippen molar-refractivity contribution in [1.82, 2.24) is 14.8 Å². The van der Waals surface area contributed by atoms with Crippen molar-refractivity contribution in [2.75, 3.05) is 13.1 Å². The molecule has 0 aliphatic carbocycles. The second-order valence-corrected chi connectivity index (χ2v) is 9.92. The Morgan fingerprint density at radius 3 is 2.41 bits per heavy atom. The molecule has 1 aliphatic heterocycles. The fourth-order valence-electron chi connectivity index (χ4n) is 3.70. The molecule has 192 valence electrons. The van der Waals surface area contributed by atoms with Gasteiger partial charge in [0.25, 0.3) is 0 Å². The van der Waals surface area contributed by atoms with E-state index in [2.05, 4.69) is 21.3 Å². The number of hydrogen-bond acceptors (Lipinski definition) is 7. The SMILES string of the molecule is N#Cc1cccc(C(ONC2=CCN(S(=O)(=O)c3ccc(OC(F)(F)F)cc3)CC2)c2ccncc2)c1. The van der Waals surface area contributed by atoms with Crippen molar-refractivity contribution >= 4 is 10.0 Å². The number of alkyl halides is 3. The van der Waals surface area contributed by atoms with Gasteiger partial charge in [0.2, 0.25) is 10.0 Å². The van der Waals surface area contributed by atoms with Gasteiger partial charge < -0.3 is 4.74 Å². The Morgan fingerprint density at radius 2 is 1.78 bits per heavy atom. The number of sulfonamides is 1. The second-order valence-electron chi connectivity index (χ2n) is 7.98. The van der Waals surface area contributed by atoms with Gasteiger partial charge in [0.05, 0.1) is 16.5 Å². The van der Waals surface area contributed by atoms with E-state index in [0.717, 1.165) is 35.4 Å². The minimum atomic E-state index is -4.86. The number of benzene rings is 2. The lowest BCUT2D eigenvalue weighted by atomic mass is 10.0. The predicted octanol–water partition coefficient (Wildman–Crippen LogP) is 4.44. The van der Waals surface area contributed by atoms with Crippen LogP contribution in [0.1, 0.15) is 29.2 Å². The Hall–Kier alpha value is -3.92. The third-order valence-electron chi connectivity index (χ3n) is 5.50. The van der Waals surface area contributed by atoms with Crippen LogP contribution in [0.4, 0.5) is 13.2 Å². The molecule has 0 saturated heterocycles. The van der Waals surface area contributed by atoms with Crippen LogP contribution in [0.15, 0.2) is 89.7 Å². The van der Waals surface area contributed by atoms with E-state index < -0.39 is 28.2 Å². The molecule has 1 N–H and O–H groups in total. The number of ether oxygens (including phenoxy) is 1. The maximum atomic E-state index is 12.9. The van der Waals surface area contributed by atoms with E-state index in [4.69, 9.17) is 4.84 Å². The molecule has 0 fully saturated rings. The van der Waals surface area contributed by atoms with Crippen molar-refractivity contribution in [2.24, 2.45) is 0 Å². The highest BCUT2D eigenvalue weighted by Gasteiger charge is 2.32. The zero-order valence-corrected chi connectivity index (χ0v) is 20.0. The topological polar surface area (TPSA) is 105 Å². The summed E-state index contributed by atoms with van der Waals surface area (Å²) >= 11 is 0. The minimum Gasteiger partial charge on any atom is -0.406 e. The molecule has 1 unspecified atom stereocenters. The van der Waals surface area contributed by atoms with Gasteiger partial charge in [-0.3, -0.25) is 15.3 Å². The highest BCUT2D eigenvalue weighted by atomic mass is 32.2. The van der Waals surface area contributed by atoms with Crippen molar-refractivity contribution in [1.29, 1.82) is 5.26 Å². The van der Waals surface area contributed by atoms with E-state index in [1.807, 2.05) is 6.07 Å². The van der Waals surface area contributed by atoms with Crippen molar-refractivity contribution in [3.05, 3.63) is 102 Å². The van der Waals surface area contributed by atoms with E-state index in [-0.39, 0.29) is 18.0 Å². The Kier molecular flexibility index (Phi) is 7.77. The number of nitriles is 1. The number of aromatic nitrogens is 1. The summed E-state index contributed by atoms with van der Waals surface area (Å²) < 4.78 is 68.0. The molecule has 1 aromatic heterocycles. The fourth-order valence-corrected chi connectivity index (χ4v) is 5.08. The van der Waals surface area contributed by atoms with Crippen LogP contribution in [0.25, 0.3) is 0 Å². The number of halogens is 3. The zero-order chi connectivity index (χ0) is 26.5. The van der Waals surface area contributed by atoms with E-state index in [0.29, 0.717) is 17.7 Å². The summed E-state index contributed by atoms with van der Waals surface area (Å²) in [5.41, 5.74) is 5.60. The van der Waals surface area contributed by atoms with Crippen molar-refractivity contribution < 1.29 is 31.2 Å². The summed E-state index contributed by atoms with van der Waals surface area (Å²) in [4.78, 5) is 9.86. The third kappa shape index (κ3) is 6.65. The van der Waals surface area contributed by atoms with Gasteiger partial charge in [-0.15, -0.1) is 13.2 Å². The molecule has 12 heteroatoms. The van der Waals surface area contributed by atoms with Crippen LogP contribution in [-0.4, -0.2) is 37.2 Å². The van der Waals surface area contributed by atoms with Crippen LogP contribution in [0, 0.1) is 11.3 Å². The van der Waals surface area contributed by atoms with Crippen molar-refractivity contribution in [3.63, 3.8) is 0 Å². The van der Waals surface area contributed by atoms with Gasteiger partial charge in [-0.2, -0.15) is 9.57 Å².